The van der Waals surface area contributed by atoms with Crippen molar-refractivity contribution in [2.45, 2.75) is 26.0 Å². The van der Waals surface area contributed by atoms with E-state index in [1.807, 2.05) is 31.2 Å². The molecule has 0 amide bonds. The molecule has 2 N–H and O–H groups in total. The number of halogens is 2. The zero-order chi connectivity index (χ0) is 11.3. The van der Waals surface area contributed by atoms with Crippen LogP contribution in [0.5, 0.6) is 0 Å². The third-order valence-electron chi connectivity index (χ3n) is 2.06. The Kier molecular flexibility index (Phi) is 4.65. The summed E-state index contributed by atoms with van der Waals surface area (Å²) in [6, 6.07) is 7.77. The van der Waals surface area contributed by atoms with Crippen molar-refractivity contribution >= 4 is 0 Å². The van der Waals surface area contributed by atoms with Crippen molar-refractivity contribution in [3.63, 3.8) is 0 Å². The molecule has 0 aliphatic carbocycles. The van der Waals surface area contributed by atoms with E-state index >= 15 is 0 Å². The number of aliphatic hydroxyl groups excluding tert-OH is 1. The van der Waals surface area contributed by atoms with Crippen LogP contribution in [-0.2, 0) is 6.54 Å². The zero-order valence-electron chi connectivity index (χ0n) is 8.58. The molecular formula is C11H15F2NO. The average Bonchev–Trinajstić information content (AvgIpc) is 2.17. The fourth-order valence-electron chi connectivity index (χ4n) is 1.28. The summed E-state index contributed by atoms with van der Waals surface area (Å²) in [7, 11) is 0. The first-order valence-electron chi connectivity index (χ1n) is 4.82. The summed E-state index contributed by atoms with van der Waals surface area (Å²) in [4.78, 5) is 0. The van der Waals surface area contributed by atoms with Crippen LogP contribution in [-0.4, -0.2) is 24.2 Å². The fraction of sp³-hybridized carbons (Fsp3) is 0.455. The van der Waals surface area contributed by atoms with Crippen molar-refractivity contribution in [3.05, 3.63) is 35.4 Å². The van der Waals surface area contributed by atoms with E-state index in [4.69, 9.17) is 5.11 Å². The van der Waals surface area contributed by atoms with Gasteiger partial charge in [0, 0.05) is 13.1 Å². The van der Waals surface area contributed by atoms with Crippen molar-refractivity contribution in [1.29, 1.82) is 0 Å². The van der Waals surface area contributed by atoms with Gasteiger partial charge in [0.2, 0.25) is 0 Å². The minimum absolute atomic E-state index is 0.0917. The Labute approximate surface area is 87.9 Å². The summed E-state index contributed by atoms with van der Waals surface area (Å²) in [6.45, 7) is 2.37. The topological polar surface area (TPSA) is 32.3 Å². The van der Waals surface area contributed by atoms with Gasteiger partial charge in [-0.2, -0.15) is 0 Å². The van der Waals surface area contributed by atoms with Crippen LogP contribution in [0.15, 0.2) is 24.3 Å². The standard InChI is InChI=1S/C11H15F2NO/c1-8-3-2-4-9(5-8)6-14-7-10(15)11(12)13/h2-5,10-11,14-15H,6-7H2,1H3. The van der Waals surface area contributed by atoms with E-state index in [9.17, 15) is 8.78 Å². The van der Waals surface area contributed by atoms with Crippen molar-refractivity contribution in [2.75, 3.05) is 6.54 Å². The van der Waals surface area contributed by atoms with Gasteiger partial charge in [-0.05, 0) is 12.5 Å². The third-order valence-corrected chi connectivity index (χ3v) is 2.06. The summed E-state index contributed by atoms with van der Waals surface area (Å²) in [5.41, 5.74) is 2.15. The molecule has 1 unspecified atom stereocenters. The second kappa shape index (κ2) is 5.78. The summed E-state index contributed by atoms with van der Waals surface area (Å²) in [5, 5.41) is 11.6. The van der Waals surface area contributed by atoms with Gasteiger partial charge < -0.3 is 10.4 Å². The van der Waals surface area contributed by atoms with E-state index in [-0.39, 0.29) is 6.54 Å². The fourth-order valence-corrected chi connectivity index (χ4v) is 1.28. The Morgan fingerprint density at radius 2 is 2.13 bits per heavy atom. The summed E-state index contributed by atoms with van der Waals surface area (Å²) >= 11 is 0. The van der Waals surface area contributed by atoms with E-state index in [2.05, 4.69) is 5.32 Å². The van der Waals surface area contributed by atoms with Crippen LogP contribution in [0.3, 0.4) is 0 Å². The van der Waals surface area contributed by atoms with Gasteiger partial charge in [-0.15, -0.1) is 0 Å². The normalized spacial score (nSPS) is 13.1. The monoisotopic (exact) mass is 215 g/mol. The molecule has 1 atom stereocenters. The largest absolute Gasteiger partial charge is 0.386 e. The number of alkyl halides is 2. The molecule has 15 heavy (non-hydrogen) atoms. The zero-order valence-corrected chi connectivity index (χ0v) is 8.58. The maximum absolute atomic E-state index is 11.9. The molecule has 0 fully saturated rings. The van der Waals surface area contributed by atoms with Crippen LogP contribution < -0.4 is 5.32 Å². The van der Waals surface area contributed by atoms with E-state index in [1.54, 1.807) is 0 Å². The molecule has 2 nitrogen and oxygen atoms in total. The molecule has 0 spiro atoms. The molecule has 0 radical (unpaired) electrons. The second-order valence-corrected chi connectivity index (χ2v) is 3.52. The smallest absolute Gasteiger partial charge is 0.265 e. The Bertz CT molecular complexity index is 304. The molecule has 0 bridgehead atoms. The Hall–Kier alpha value is -1.00. The molecule has 4 heteroatoms. The first-order valence-corrected chi connectivity index (χ1v) is 4.82. The van der Waals surface area contributed by atoms with Crippen LogP contribution in [0, 0.1) is 6.92 Å². The van der Waals surface area contributed by atoms with Crippen LogP contribution in [0.4, 0.5) is 8.78 Å². The minimum Gasteiger partial charge on any atom is -0.386 e. The van der Waals surface area contributed by atoms with Crippen LogP contribution in [0.25, 0.3) is 0 Å². The van der Waals surface area contributed by atoms with Crippen LogP contribution in [0.1, 0.15) is 11.1 Å². The predicted molar refractivity (Wildman–Crippen MR) is 54.9 cm³/mol. The van der Waals surface area contributed by atoms with Crippen molar-refractivity contribution < 1.29 is 13.9 Å². The lowest BCUT2D eigenvalue weighted by molar-refractivity contribution is -0.00340. The van der Waals surface area contributed by atoms with Crippen LogP contribution >= 0.6 is 0 Å². The molecule has 0 heterocycles. The van der Waals surface area contributed by atoms with E-state index in [0.717, 1.165) is 11.1 Å². The number of aliphatic hydroxyl groups is 1. The lowest BCUT2D eigenvalue weighted by Crippen LogP contribution is -2.31. The molecule has 1 aromatic rings. The predicted octanol–water partition coefficient (Wildman–Crippen LogP) is 1.71. The summed E-state index contributed by atoms with van der Waals surface area (Å²) in [5.74, 6) is 0. The van der Waals surface area contributed by atoms with Gasteiger partial charge in [-0.1, -0.05) is 29.8 Å². The summed E-state index contributed by atoms with van der Waals surface area (Å²) < 4.78 is 23.9. The number of hydrogen-bond acceptors (Lipinski definition) is 2. The van der Waals surface area contributed by atoms with Gasteiger partial charge >= 0.3 is 0 Å². The Morgan fingerprint density at radius 1 is 1.40 bits per heavy atom. The number of hydrogen-bond donors (Lipinski definition) is 2. The van der Waals surface area contributed by atoms with E-state index in [1.165, 1.54) is 0 Å². The first kappa shape index (κ1) is 12.1. The maximum atomic E-state index is 11.9. The highest BCUT2D eigenvalue weighted by Crippen LogP contribution is 2.04. The van der Waals surface area contributed by atoms with Crippen molar-refractivity contribution in [2.24, 2.45) is 0 Å². The van der Waals surface area contributed by atoms with Crippen molar-refractivity contribution in [1.82, 2.24) is 5.32 Å². The van der Waals surface area contributed by atoms with Gasteiger partial charge in [0.1, 0.15) is 6.10 Å². The average molecular weight is 215 g/mol. The molecule has 0 aliphatic heterocycles. The number of benzene rings is 1. The van der Waals surface area contributed by atoms with Gasteiger partial charge in [0.25, 0.3) is 6.43 Å². The highest BCUT2D eigenvalue weighted by Gasteiger charge is 2.15. The Balaban J connectivity index is 2.32. The summed E-state index contributed by atoms with van der Waals surface area (Å²) in [6.07, 6.45) is -4.27. The molecule has 0 aliphatic rings. The molecule has 0 aromatic heterocycles. The number of nitrogens with one attached hydrogen (secondary N) is 1. The second-order valence-electron chi connectivity index (χ2n) is 3.52. The van der Waals surface area contributed by atoms with Crippen molar-refractivity contribution in [3.8, 4) is 0 Å². The van der Waals surface area contributed by atoms with Crippen LogP contribution in [0.2, 0.25) is 0 Å². The lowest BCUT2D eigenvalue weighted by Gasteiger charge is -2.10. The number of aryl methyl sites for hydroxylation is 1. The quantitative estimate of drug-likeness (QED) is 0.783. The molecule has 0 saturated carbocycles. The SMILES string of the molecule is Cc1cccc(CNCC(O)C(F)F)c1. The highest BCUT2D eigenvalue weighted by atomic mass is 19.3. The van der Waals surface area contributed by atoms with Gasteiger partial charge in [0.15, 0.2) is 0 Å². The first-order chi connectivity index (χ1) is 7.09. The van der Waals surface area contributed by atoms with Gasteiger partial charge in [0.05, 0.1) is 0 Å². The molecule has 1 rings (SSSR count). The molecular weight excluding hydrogens is 200 g/mol. The highest BCUT2D eigenvalue weighted by molar-refractivity contribution is 5.21. The molecule has 84 valence electrons. The molecule has 0 saturated heterocycles. The number of rotatable bonds is 5. The minimum atomic E-state index is -2.69. The van der Waals surface area contributed by atoms with E-state index < -0.39 is 12.5 Å². The third kappa shape index (κ3) is 4.36. The lowest BCUT2D eigenvalue weighted by atomic mass is 10.1. The van der Waals surface area contributed by atoms with Gasteiger partial charge in [-0.3, -0.25) is 0 Å². The van der Waals surface area contributed by atoms with Gasteiger partial charge in [-0.25, -0.2) is 8.78 Å². The van der Waals surface area contributed by atoms with E-state index in [0.29, 0.717) is 6.54 Å². The molecule has 1 aromatic carbocycles. The Morgan fingerprint density at radius 3 is 2.73 bits per heavy atom. The maximum Gasteiger partial charge on any atom is 0.265 e.